The molecule has 0 unspecified atom stereocenters. The Kier molecular flexibility index (Phi) is 7.12. The molecule has 1 aliphatic carbocycles. The zero-order valence-electron chi connectivity index (χ0n) is 17.4. The van der Waals surface area contributed by atoms with Crippen LogP contribution in [0.4, 0.5) is 0 Å². The van der Waals surface area contributed by atoms with Crippen LogP contribution >= 0.6 is 0 Å². The number of aromatic nitrogens is 2. The number of imidazole rings is 1. The van der Waals surface area contributed by atoms with Gasteiger partial charge in [0.25, 0.3) is 5.91 Å². The molecule has 1 aliphatic rings. The minimum atomic E-state index is -0.460. The van der Waals surface area contributed by atoms with Crippen molar-refractivity contribution in [2.75, 3.05) is 13.2 Å². The first-order valence-electron chi connectivity index (χ1n) is 10.7. The van der Waals surface area contributed by atoms with E-state index in [1.165, 1.54) is 6.42 Å². The highest BCUT2D eigenvalue weighted by molar-refractivity contribution is 5.81. The number of hydrogen-bond donors (Lipinski definition) is 0. The summed E-state index contributed by atoms with van der Waals surface area (Å²) >= 11 is 0. The van der Waals surface area contributed by atoms with Crippen LogP contribution in [0.15, 0.2) is 29.1 Å². The molecule has 2 aromatic rings. The number of carbonyl (C=O) groups is 2. The summed E-state index contributed by atoms with van der Waals surface area (Å²) < 4.78 is 8.52. The molecule has 0 saturated heterocycles. The van der Waals surface area contributed by atoms with Gasteiger partial charge in [-0.2, -0.15) is 0 Å². The summed E-state index contributed by atoms with van der Waals surface area (Å²) in [6.45, 7) is 5.09. The van der Waals surface area contributed by atoms with Crippen molar-refractivity contribution in [3.63, 3.8) is 0 Å². The standard InChI is InChI=1S/C22H31N3O4/c1-3-23(17-10-6-5-7-11-17)20(26)16-29-21(27)14-15-25-19-13-9-8-12-18(19)24(4-2)22(25)28/h8-9,12-13,17H,3-7,10-11,14-16H2,1-2H3. The second-order valence-corrected chi connectivity index (χ2v) is 7.55. The maximum absolute atomic E-state index is 12.6. The van der Waals surface area contributed by atoms with E-state index in [9.17, 15) is 14.4 Å². The summed E-state index contributed by atoms with van der Waals surface area (Å²) in [4.78, 5) is 39.2. The second-order valence-electron chi connectivity index (χ2n) is 7.55. The van der Waals surface area contributed by atoms with Crippen molar-refractivity contribution >= 4 is 22.9 Å². The van der Waals surface area contributed by atoms with Crippen LogP contribution < -0.4 is 5.69 Å². The lowest BCUT2D eigenvalue weighted by Crippen LogP contribution is -2.43. The molecule has 7 heteroatoms. The second kappa shape index (κ2) is 9.76. The summed E-state index contributed by atoms with van der Waals surface area (Å²) in [6, 6.07) is 7.81. The zero-order valence-corrected chi connectivity index (χ0v) is 17.4. The molecule has 1 fully saturated rings. The molecule has 1 aromatic carbocycles. The highest BCUT2D eigenvalue weighted by atomic mass is 16.5. The average Bonchev–Trinajstić information content (AvgIpc) is 3.02. The van der Waals surface area contributed by atoms with Crippen LogP contribution in [0.5, 0.6) is 0 Å². The van der Waals surface area contributed by atoms with Gasteiger partial charge in [-0.25, -0.2) is 4.79 Å². The van der Waals surface area contributed by atoms with E-state index in [-0.39, 0.29) is 37.2 Å². The van der Waals surface area contributed by atoms with E-state index in [0.717, 1.165) is 36.7 Å². The third-order valence-corrected chi connectivity index (χ3v) is 5.81. The van der Waals surface area contributed by atoms with Gasteiger partial charge in [0.05, 0.1) is 17.5 Å². The molecule has 29 heavy (non-hydrogen) atoms. The molecular weight excluding hydrogens is 370 g/mol. The lowest BCUT2D eigenvalue weighted by molar-refractivity contribution is -0.153. The number of nitrogens with zero attached hydrogens (tertiary/aromatic N) is 3. The maximum Gasteiger partial charge on any atom is 0.329 e. The van der Waals surface area contributed by atoms with E-state index in [2.05, 4.69) is 0 Å². The Morgan fingerprint density at radius 1 is 1.07 bits per heavy atom. The fourth-order valence-corrected chi connectivity index (χ4v) is 4.33. The molecule has 1 saturated carbocycles. The van der Waals surface area contributed by atoms with Crippen LogP contribution in [0.25, 0.3) is 11.0 Å². The lowest BCUT2D eigenvalue weighted by atomic mass is 9.94. The number of aryl methyl sites for hydroxylation is 2. The molecule has 1 amide bonds. The van der Waals surface area contributed by atoms with Crippen molar-refractivity contribution < 1.29 is 14.3 Å². The van der Waals surface area contributed by atoms with Crippen LogP contribution in [-0.4, -0.2) is 45.1 Å². The highest BCUT2D eigenvalue weighted by Crippen LogP contribution is 2.22. The molecule has 1 heterocycles. The zero-order chi connectivity index (χ0) is 20.8. The van der Waals surface area contributed by atoms with Crippen LogP contribution in [0.2, 0.25) is 0 Å². The number of amides is 1. The Hall–Kier alpha value is -2.57. The van der Waals surface area contributed by atoms with Gasteiger partial charge in [0.2, 0.25) is 0 Å². The number of carbonyl (C=O) groups excluding carboxylic acids is 2. The Balaban J connectivity index is 1.56. The van der Waals surface area contributed by atoms with E-state index in [1.54, 1.807) is 9.13 Å². The number of benzene rings is 1. The van der Waals surface area contributed by atoms with Gasteiger partial charge in [-0.1, -0.05) is 31.4 Å². The molecule has 0 radical (unpaired) electrons. The Morgan fingerprint density at radius 2 is 1.72 bits per heavy atom. The number of esters is 1. The summed E-state index contributed by atoms with van der Waals surface area (Å²) in [5.74, 6) is -0.592. The van der Waals surface area contributed by atoms with Crippen molar-refractivity contribution in [1.29, 1.82) is 0 Å². The molecule has 0 atom stereocenters. The monoisotopic (exact) mass is 401 g/mol. The minimum absolute atomic E-state index is 0.0560. The van der Waals surface area contributed by atoms with Gasteiger partial charge >= 0.3 is 11.7 Å². The number of fused-ring (bicyclic) bond motifs is 1. The van der Waals surface area contributed by atoms with E-state index in [1.807, 2.05) is 43.0 Å². The molecule has 0 spiro atoms. The normalized spacial score (nSPS) is 14.8. The van der Waals surface area contributed by atoms with Crippen molar-refractivity contribution in [3.05, 3.63) is 34.7 Å². The summed E-state index contributed by atoms with van der Waals surface area (Å²) in [5.41, 5.74) is 1.53. The number of hydrogen-bond acceptors (Lipinski definition) is 4. The number of rotatable bonds is 8. The van der Waals surface area contributed by atoms with Crippen LogP contribution in [0.1, 0.15) is 52.4 Å². The number of para-hydroxylation sites is 2. The van der Waals surface area contributed by atoms with Gasteiger partial charge in [0.1, 0.15) is 0 Å². The maximum atomic E-state index is 12.6. The van der Waals surface area contributed by atoms with E-state index in [0.29, 0.717) is 13.1 Å². The van der Waals surface area contributed by atoms with Crippen molar-refractivity contribution in [3.8, 4) is 0 Å². The molecular formula is C22H31N3O4. The third-order valence-electron chi connectivity index (χ3n) is 5.81. The van der Waals surface area contributed by atoms with Crippen molar-refractivity contribution in [2.24, 2.45) is 0 Å². The molecule has 0 bridgehead atoms. The molecule has 1 aromatic heterocycles. The van der Waals surface area contributed by atoms with Gasteiger partial charge in [0.15, 0.2) is 6.61 Å². The predicted octanol–water partition coefficient (Wildman–Crippen LogP) is 2.94. The van der Waals surface area contributed by atoms with Crippen LogP contribution in [0, 0.1) is 0 Å². The first-order valence-corrected chi connectivity index (χ1v) is 10.7. The Bertz CT molecular complexity index is 908. The van der Waals surface area contributed by atoms with E-state index < -0.39 is 5.97 Å². The molecule has 0 N–H and O–H groups in total. The first-order chi connectivity index (χ1) is 14.1. The summed E-state index contributed by atoms with van der Waals surface area (Å²) in [5, 5.41) is 0. The molecule has 7 nitrogen and oxygen atoms in total. The summed E-state index contributed by atoms with van der Waals surface area (Å²) in [7, 11) is 0. The fraction of sp³-hybridized carbons (Fsp3) is 0.591. The van der Waals surface area contributed by atoms with Gasteiger partial charge in [-0.15, -0.1) is 0 Å². The Labute approximate surface area is 171 Å². The Morgan fingerprint density at radius 3 is 2.34 bits per heavy atom. The van der Waals surface area contributed by atoms with E-state index >= 15 is 0 Å². The van der Waals surface area contributed by atoms with E-state index in [4.69, 9.17) is 4.74 Å². The molecule has 158 valence electrons. The van der Waals surface area contributed by atoms with Crippen molar-refractivity contribution in [2.45, 2.75) is 71.5 Å². The summed E-state index contributed by atoms with van der Waals surface area (Å²) in [6.07, 6.45) is 5.63. The third kappa shape index (κ3) is 4.71. The van der Waals surface area contributed by atoms with Gasteiger partial charge < -0.3 is 9.64 Å². The van der Waals surface area contributed by atoms with Crippen LogP contribution in [-0.2, 0) is 27.4 Å². The van der Waals surface area contributed by atoms with Gasteiger partial charge in [-0.3, -0.25) is 18.7 Å². The number of likely N-dealkylation sites (N-methyl/N-ethyl adjacent to an activating group) is 1. The largest absolute Gasteiger partial charge is 0.456 e. The highest BCUT2D eigenvalue weighted by Gasteiger charge is 2.24. The molecule has 3 rings (SSSR count). The number of ether oxygens (including phenoxy) is 1. The lowest BCUT2D eigenvalue weighted by Gasteiger charge is -2.33. The quantitative estimate of drug-likeness (QED) is 0.638. The fourth-order valence-electron chi connectivity index (χ4n) is 4.33. The first kappa shape index (κ1) is 21.1. The minimum Gasteiger partial charge on any atom is -0.456 e. The van der Waals surface area contributed by atoms with Gasteiger partial charge in [-0.05, 0) is 38.8 Å². The predicted molar refractivity (Wildman–Crippen MR) is 112 cm³/mol. The van der Waals surface area contributed by atoms with Crippen LogP contribution in [0.3, 0.4) is 0 Å². The van der Waals surface area contributed by atoms with Crippen molar-refractivity contribution in [1.82, 2.24) is 14.0 Å². The topological polar surface area (TPSA) is 73.5 Å². The molecule has 0 aliphatic heterocycles. The average molecular weight is 402 g/mol. The SMILES string of the molecule is CCN(C(=O)COC(=O)CCn1c(=O)n(CC)c2ccccc21)C1CCCCC1. The smallest absolute Gasteiger partial charge is 0.329 e. The van der Waals surface area contributed by atoms with Gasteiger partial charge in [0, 0.05) is 25.7 Å².